The maximum absolute atomic E-state index is 12.2. The molecule has 101 heavy (non-hydrogen) atoms. The van der Waals surface area contributed by atoms with Crippen LogP contribution >= 0.6 is 0 Å². The van der Waals surface area contributed by atoms with Crippen LogP contribution in [0, 0.1) is 117 Å². The molecule has 8 saturated carbocycles. The average Bonchev–Trinajstić information content (AvgIpc) is 1.62. The molecule has 6 saturated heterocycles. The molecule has 18 rings (SSSR count). The van der Waals surface area contributed by atoms with Crippen molar-refractivity contribution in [1.82, 2.24) is 15.1 Å². The Morgan fingerprint density at radius 1 is 0.465 bits per heavy atom. The summed E-state index contributed by atoms with van der Waals surface area (Å²) in [6.07, 6.45) is 37.3. The van der Waals surface area contributed by atoms with Crippen LogP contribution < -0.4 is 5.32 Å². The summed E-state index contributed by atoms with van der Waals surface area (Å²) in [5.74, 6) is 13.9. The van der Waals surface area contributed by atoms with Gasteiger partial charge >= 0.3 is 0 Å². The average molecular weight is 1390 g/mol. The fourth-order valence-corrected chi connectivity index (χ4v) is 30.1. The number of nitrogens with zero attached hydrogens (tertiary/aromatic N) is 2. The molecule has 0 radical (unpaired) electrons. The Kier molecular flexibility index (Phi) is 20.7. The smallest absolute Gasteiger partial charge is 0.155 e. The van der Waals surface area contributed by atoms with Gasteiger partial charge in [-0.3, -0.25) is 24.2 Å². The Morgan fingerprint density at radius 3 is 1.34 bits per heavy atom. The van der Waals surface area contributed by atoms with Crippen molar-refractivity contribution < 1.29 is 28.6 Å². The van der Waals surface area contributed by atoms with Gasteiger partial charge in [0.25, 0.3) is 0 Å². The predicted molar refractivity (Wildman–Crippen MR) is 412 cm³/mol. The van der Waals surface area contributed by atoms with Crippen molar-refractivity contribution in [3.05, 3.63) is 45.1 Å². The third-order valence-electron chi connectivity index (χ3n) is 35.5. The fourth-order valence-electron chi connectivity index (χ4n) is 30.1. The van der Waals surface area contributed by atoms with E-state index in [0.717, 1.165) is 155 Å². The number of fused-ring (bicyclic) bond motifs is 18. The lowest BCUT2D eigenvalue weighted by molar-refractivity contribution is -0.130. The molecule has 0 aromatic heterocycles. The topological polar surface area (TPSA) is 97.4 Å². The molecule has 6 aliphatic heterocycles. The SMILES string of the molecule is C.C.CC1=C2C[C@H]3[C@@H](CCC4=CC(=O)CC[C@@]43C)[C@@H]2CC[C@@]2(C1)O[C@@H]1C[C@H](C)CN[C@H]1[C@H]2C.CC1=C2C[C@H]3[C@@H](CC[C@@H]4CC(=O)CC[C@@]43C)[C@@H]2CC[C@@]2(C1)O[C@@H]1C[C@H](C)CN(C(C)C)[C@H]1[C@H]2C.CC1=C2C[C@H]3[C@@H](CC[C@@H]4CC(=O)CC[C@@]43C)[C@@H]2CC[C@@]2(C1)O[C@@H]1C[C@H](C)CN(C(C)C)[C@H]1[C@H]2C. The predicted octanol–water partition coefficient (Wildman–Crippen LogP) is 20.5. The second kappa shape index (κ2) is 27.7. The number of rotatable bonds is 2. The summed E-state index contributed by atoms with van der Waals surface area (Å²) in [6.45, 7) is 42.9. The van der Waals surface area contributed by atoms with E-state index in [9.17, 15) is 14.4 Å². The molecular weight excluding hydrogens is 1240 g/mol. The third-order valence-corrected chi connectivity index (χ3v) is 35.5. The first-order valence-corrected chi connectivity index (χ1v) is 42.7. The Hall–Kier alpha value is -2.27. The molecule has 0 bridgehead atoms. The summed E-state index contributed by atoms with van der Waals surface area (Å²) in [7, 11) is 0. The molecule has 6 heterocycles. The number of carbonyl (C=O) groups excluding carboxylic acids is 3. The van der Waals surface area contributed by atoms with Crippen LogP contribution in [0.5, 0.6) is 0 Å². The molecule has 3 spiro atoms. The van der Waals surface area contributed by atoms with Crippen LogP contribution in [-0.4, -0.2) is 112 Å². The van der Waals surface area contributed by atoms with Crippen molar-refractivity contribution in [1.29, 1.82) is 0 Å². The number of hydrogen-bond donors (Lipinski definition) is 1. The quantitative estimate of drug-likeness (QED) is 0.271. The highest BCUT2D eigenvalue weighted by Crippen LogP contribution is 2.69. The van der Waals surface area contributed by atoms with Gasteiger partial charge in [-0.2, -0.15) is 0 Å². The van der Waals surface area contributed by atoms with Crippen molar-refractivity contribution in [2.75, 3.05) is 19.6 Å². The van der Waals surface area contributed by atoms with Gasteiger partial charge < -0.3 is 19.5 Å². The van der Waals surface area contributed by atoms with Gasteiger partial charge in [0.2, 0.25) is 0 Å². The minimum atomic E-state index is 0. The van der Waals surface area contributed by atoms with Gasteiger partial charge in [0.05, 0.1) is 35.1 Å². The second-order valence-corrected chi connectivity index (χ2v) is 41.0. The number of ether oxygens (including phenoxy) is 3. The first kappa shape index (κ1) is 75.5. The molecule has 566 valence electrons. The third kappa shape index (κ3) is 12.3. The molecule has 9 nitrogen and oxygen atoms in total. The zero-order valence-corrected chi connectivity index (χ0v) is 65.5. The van der Waals surface area contributed by atoms with Crippen LogP contribution in [0.1, 0.15) is 312 Å². The lowest BCUT2D eigenvalue weighted by Crippen LogP contribution is -2.54. The van der Waals surface area contributed by atoms with Crippen LogP contribution in [0.25, 0.3) is 0 Å². The fraction of sp³-hybridized carbons (Fsp3) is 0.880. The zero-order valence-electron chi connectivity index (χ0n) is 65.5. The van der Waals surface area contributed by atoms with Crippen LogP contribution in [-0.2, 0) is 28.6 Å². The number of hydrogen-bond acceptors (Lipinski definition) is 9. The van der Waals surface area contributed by atoms with E-state index in [2.05, 4.69) is 126 Å². The van der Waals surface area contributed by atoms with E-state index < -0.39 is 0 Å². The Labute approximate surface area is 616 Å². The first-order valence-electron chi connectivity index (χ1n) is 42.7. The van der Waals surface area contributed by atoms with Crippen molar-refractivity contribution >= 4 is 17.3 Å². The molecule has 14 fully saturated rings. The van der Waals surface area contributed by atoms with Crippen molar-refractivity contribution in [2.24, 2.45) is 117 Å². The van der Waals surface area contributed by atoms with Gasteiger partial charge in [0.1, 0.15) is 11.6 Å². The molecule has 0 amide bonds. The van der Waals surface area contributed by atoms with E-state index in [1.165, 1.54) is 128 Å². The zero-order chi connectivity index (χ0) is 69.5. The molecule has 12 aliphatic carbocycles. The molecule has 18 aliphatic rings. The van der Waals surface area contributed by atoms with Crippen LogP contribution in [0.3, 0.4) is 0 Å². The number of allylic oxidation sites excluding steroid dienone is 5. The van der Waals surface area contributed by atoms with E-state index in [-0.39, 0.29) is 37.1 Å². The number of piperidine rings is 3. The summed E-state index contributed by atoms with van der Waals surface area (Å²) in [5.41, 5.74) is 13.1. The second-order valence-electron chi connectivity index (χ2n) is 41.0. The van der Waals surface area contributed by atoms with E-state index in [1.807, 2.05) is 17.2 Å². The van der Waals surface area contributed by atoms with Gasteiger partial charge in [-0.1, -0.05) is 116 Å². The standard InChI is InChI=1S/2C31H49NO2.C28H41NO2.2CH4/c2*1-18(2)32-17-19(3)13-28-29(32)21(5)31(34-28)12-10-24-25-8-7-22-14-23(33)9-11-30(22,6)27(25)15-26(24)20(4)16-31;1-16-11-25-26(29-15-16)18(3)28(31-25)10-8-21-22-6-5-19-12-20(30)7-9-27(19,4)24(22)13-23(21)17(2)14-28;;/h2*18-19,21-22,24-25,27-29H,7-17H2,1-6H3;12,16,18,21-22,24-26,29H,5-11,13-15H2,1-4H3;2*1H4/t2*19-,21+,22+,24-,25-,27-,28+,29-,30-,31-;16-,18+,21-,22-,24-,25+,26-,27-,28-;;/m000../s1. The highest BCUT2D eigenvalue weighted by molar-refractivity contribution is 5.91. The molecule has 1 N–H and O–H groups in total. The summed E-state index contributed by atoms with van der Waals surface area (Å²) in [6, 6.07) is 2.92. The van der Waals surface area contributed by atoms with Gasteiger partial charge in [0, 0.05) is 93.2 Å². The Balaban J connectivity index is 0.000000128. The lowest BCUT2D eigenvalue weighted by Gasteiger charge is -2.52. The number of carbonyl (C=O) groups is 3. The first-order chi connectivity index (χ1) is 47.1. The highest BCUT2D eigenvalue weighted by Gasteiger charge is 2.65. The Bertz CT molecular complexity index is 3140. The lowest BCUT2D eigenvalue weighted by atomic mass is 9.52. The van der Waals surface area contributed by atoms with Gasteiger partial charge in [-0.15, -0.1) is 0 Å². The maximum Gasteiger partial charge on any atom is 0.155 e. The molecule has 0 unspecified atom stereocenters. The summed E-state index contributed by atoms with van der Waals surface area (Å²) in [4.78, 5) is 42.2. The molecule has 0 aromatic carbocycles. The minimum absolute atomic E-state index is 0. The van der Waals surface area contributed by atoms with Crippen molar-refractivity contribution in [2.45, 2.75) is 377 Å². The minimum Gasteiger partial charge on any atom is -0.369 e. The van der Waals surface area contributed by atoms with E-state index in [4.69, 9.17) is 14.2 Å². The number of likely N-dealkylation sites (tertiary alicyclic amines) is 2. The highest BCUT2D eigenvalue weighted by atomic mass is 16.5. The van der Waals surface area contributed by atoms with Crippen LogP contribution in [0.2, 0.25) is 0 Å². The monoisotopic (exact) mass is 1390 g/mol. The normalized spacial score (nSPS) is 50.4. The van der Waals surface area contributed by atoms with E-state index in [1.54, 1.807) is 22.3 Å². The van der Waals surface area contributed by atoms with Crippen molar-refractivity contribution in [3.63, 3.8) is 0 Å². The van der Waals surface area contributed by atoms with Crippen LogP contribution in [0.4, 0.5) is 0 Å². The maximum atomic E-state index is 12.2. The molecule has 9 heteroatoms. The van der Waals surface area contributed by atoms with Crippen molar-refractivity contribution in [3.8, 4) is 0 Å². The summed E-state index contributed by atoms with van der Waals surface area (Å²) >= 11 is 0. The van der Waals surface area contributed by atoms with E-state index in [0.29, 0.717) is 106 Å². The van der Waals surface area contributed by atoms with Gasteiger partial charge in [-0.05, 0) is 314 Å². The van der Waals surface area contributed by atoms with Gasteiger partial charge in [-0.25, -0.2) is 0 Å². The van der Waals surface area contributed by atoms with Gasteiger partial charge in [0.15, 0.2) is 5.78 Å². The van der Waals surface area contributed by atoms with E-state index >= 15 is 0 Å². The van der Waals surface area contributed by atoms with Crippen LogP contribution in [0.15, 0.2) is 45.1 Å². The molecule has 0 aromatic rings. The number of nitrogens with one attached hydrogen (secondary N) is 1. The summed E-state index contributed by atoms with van der Waals surface area (Å²) < 4.78 is 21.4. The molecular formula is C92H147N3O6. The number of Topliss-reactive ketones (excluding diaryl/α,β-unsaturated/α-hetero) is 2. The Morgan fingerprint density at radius 2 is 0.881 bits per heavy atom. The largest absolute Gasteiger partial charge is 0.369 e. The summed E-state index contributed by atoms with van der Waals surface area (Å²) in [5, 5.41) is 3.85. The number of ketones is 3. The molecule has 29 atom stereocenters.